The Hall–Kier alpha value is -1.89. The molecule has 1 nitrogen and oxygen atoms in total. The van der Waals surface area contributed by atoms with E-state index in [0.29, 0.717) is 0 Å². The first-order valence-corrected chi connectivity index (χ1v) is 5.02. The van der Waals surface area contributed by atoms with E-state index in [0.717, 1.165) is 23.3 Å². The van der Waals surface area contributed by atoms with Crippen LogP contribution in [0.2, 0.25) is 0 Å². The second-order valence-corrected chi connectivity index (χ2v) is 3.38. The zero-order valence-corrected chi connectivity index (χ0v) is 8.56. The number of hydrogen-bond acceptors (Lipinski definition) is 1. The van der Waals surface area contributed by atoms with Crippen molar-refractivity contribution < 1.29 is 0 Å². The molecule has 0 spiro atoms. The summed E-state index contributed by atoms with van der Waals surface area (Å²) in [6.45, 7) is 4.07. The van der Waals surface area contributed by atoms with E-state index in [4.69, 9.17) is 0 Å². The third-order valence-corrected chi connectivity index (χ3v) is 2.30. The van der Waals surface area contributed by atoms with Crippen LogP contribution < -0.4 is 0 Å². The Morgan fingerprint density at radius 3 is 2.73 bits per heavy atom. The molecule has 0 N–H and O–H groups in total. The maximum atomic E-state index is 4.35. The molecule has 0 unspecified atom stereocenters. The van der Waals surface area contributed by atoms with Crippen LogP contribution in [-0.4, -0.2) is 5.71 Å². The quantitative estimate of drug-likeness (QED) is 0.683. The van der Waals surface area contributed by atoms with Crippen molar-refractivity contribution in [2.75, 3.05) is 0 Å². The van der Waals surface area contributed by atoms with Crippen molar-refractivity contribution >= 4 is 11.3 Å². The van der Waals surface area contributed by atoms with Gasteiger partial charge in [0, 0.05) is 11.8 Å². The summed E-state index contributed by atoms with van der Waals surface area (Å²) >= 11 is 0. The molecule has 1 aliphatic heterocycles. The summed E-state index contributed by atoms with van der Waals surface area (Å²) < 4.78 is 0. The molecule has 0 aliphatic carbocycles. The van der Waals surface area contributed by atoms with Crippen LogP contribution in [0.25, 0.3) is 5.57 Å². The van der Waals surface area contributed by atoms with Gasteiger partial charge in [-0.1, -0.05) is 49.1 Å². The van der Waals surface area contributed by atoms with Crippen molar-refractivity contribution in [1.29, 1.82) is 0 Å². The first-order valence-electron chi connectivity index (χ1n) is 5.02. The van der Waals surface area contributed by atoms with Crippen molar-refractivity contribution in [3.05, 3.63) is 66.9 Å². The first-order chi connectivity index (χ1) is 7.38. The minimum Gasteiger partial charge on any atom is -0.257 e. The molecule has 1 aliphatic rings. The van der Waals surface area contributed by atoms with Gasteiger partial charge in [0.15, 0.2) is 0 Å². The van der Waals surface area contributed by atoms with Crippen LogP contribution in [-0.2, 0) is 0 Å². The van der Waals surface area contributed by atoms with Crippen molar-refractivity contribution in [2.24, 2.45) is 4.99 Å². The van der Waals surface area contributed by atoms with Crippen molar-refractivity contribution in [3.8, 4) is 0 Å². The number of rotatable bonds is 2. The molecule has 0 radical (unpaired) electrons. The zero-order valence-electron chi connectivity index (χ0n) is 8.56. The summed E-state index contributed by atoms with van der Waals surface area (Å²) in [5.41, 5.74) is 3.03. The third kappa shape index (κ3) is 2.32. The van der Waals surface area contributed by atoms with Gasteiger partial charge < -0.3 is 0 Å². The summed E-state index contributed by atoms with van der Waals surface area (Å²) in [5.74, 6) is 0. The highest BCUT2D eigenvalue weighted by molar-refractivity contribution is 6.28. The Kier molecular flexibility index (Phi) is 2.93. The Balaban J connectivity index is 2.29. The van der Waals surface area contributed by atoms with Crippen LogP contribution in [0.3, 0.4) is 0 Å². The lowest BCUT2D eigenvalue weighted by molar-refractivity contribution is 1.39. The van der Waals surface area contributed by atoms with E-state index < -0.39 is 0 Å². The molecule has 0 amide bonds. The zero-order chi connectivity index (χ0) is 10.5. The SMILES string of the molecule is C=C(C1=NC=CCC=C1)c1ccccc1. The summed E-state index contributed by atoms with van der Waals surface area (Å²) in [6.07, 6.45) is 8.92. The van der Waals surface area contributed by atoms with E-state index in [2.05, 4.69) is 17.6 Å². The number of nitrogens with zero attached hydrogens (tertiary/aromatic N) is 1. The largest absolute Gasteiger partial charge is 0.257 e. The Morgan fingerprint density at radius 1 is 1.13 bits per heavy atom. The average molecular weight is 195 g/mol. The lowest BCUT2D eigenvalue weighted by atomic mass is 10.0. The van der Waals surface area contributed by atoms with Gasteiger partial charge in [-0.2, -0.15) is 0 Å². The maximum Gasteiger partial charge on any atom is 0.0698 e. The van der Waals surface area contributed by atoms with Crippen LogP contribution in [0.1, 0.15) is 12.0 Å². The molecule has 1 heteroatoms. The number of benzene rings is 1. The minimum atomic E-state index is 0.940. The summed E-state index contributed by atoms with van der Waals surface area (Å²) in [4.78, 5) is 4.35. The molecular weight excluding hydrogens is 182 g/mol. The molecule has 1 heterocycles. The minimum absolute atomic E-state index is 0.940. The Labute approximate surface area is 90.2 Å². The molecule has 0 aromatic heterocycles. The standard InChI is InChI=1S/C14H13N/c1-12(13-8-4-2-5-9-13)14-10-6-3-7-11-15-14/h2,4-11H,1,3H2. The van der Waals surface area contributed by atoms with Crippen LogP contribution in [0.4, 0.5) is 0 Å². The second kappa shape index (κ2) is 4.56. The number of allylic oxidation sites excluding steroid dienone is 4. The van der Waals surface area contributed by atoms with Crippen LogP contribution in [0, 0.1) is 0 Å². The fourth-order valence-corrected chi connectivity index (χ4v) is 1.46. The van der Waals surface area contributed by atoms with Crippen LogP contribution in [0.5, 0.6) is 0 Å². The molecule has 1 aromatic carbocycles. The number of aliphatic imine (C=N–C) groups is 1. The van der Waals surface area contributed by atoms with E-state index in [-0.39, 0.29) is 0 Å². The predicted molar refractivity (Wildman–Crippen MR) is 65.8 cm³/mol. The van der Waals surface area contributed by atoms with Crippen molar-refractivity contribution in [3.63, 3.8) is 0 Å². The van der Waals surface area contributed by atoms with Gasteiger partial charge in [0.1, 0.15) is 0 Å². The molecule has 0 saturated carbocycles. The molecule has 0 saturated heterocycles. The highest BCUT2D eigenvalue weighted by atomic mass is 14.7. The molecule has 2 rings (SSSR count). The summed E-state index contributed by atoms with van der Waals surface area (Å²) in [5, 5.41) is 0. The van der Waals surface area contributed by atoms with Gasteiger partial charge in [0.25, 0.3) is 0 Å². The smallest absolute Gasteiger partial charge is 0.0698 e. The van der Waals surface area contributed by atoms with Crippen molar-refractivity contribution in [1.82, 2.24) is 0 Å². The maximum absolute atomic E-state index is 4.35. The molecule has 1 aromatic rings. The van der Waals surface area contributed by atoms with Gasteiger partial charge in [-0.05, 0) is 18.1 Å². The fourth-order valence-electron chi connectivity index (χ4n) is 1.46. The lowest BCUT2D eigenvalue weighted by Gasteiger charge is -2.04. The summed E-state index contributed by atoms with van der Waals surface area (Å²) in [6, 6.07) is 10.1. The van der Waals surface area contributed by atoms with Crippen LogP contribution in [0.15, 0.2) is 66.3 Å². The topological polar surface area (TPSA) is 12.4 Å². The second-order valence-electron chi connectivity index (χ2n) is 3.38. The Bertz CT molecular complexity index is 436. The average Bonchev–Trinajstić information content (AvgIpc) is 2.58. The lowest BCUT2D eigenvalue weighted by Crippen LogP contribution is -1.96. The fraction of sp³-hybridized carbons (Fsp3) is 0.0714. The van der Waals surface area contributed by atoms with Gasteiger partial charge in [0.05, 0.1) is 5.71 Å². The normalized spacial score (nSPS) is 14.5. The molecule has 0 fully saturated rings. The van der Waals surface area contributed by atoms with Crippen LogP contribution >= 0.6 is 0 Å². The van der Waals surface area contributed by atoms with E-state index in [1.54, 1.807) is 0 Å². The van der Waals surface area contributed by atoms with E-state index in [9.17, 15) is 0 Å². The third-order valence-electron chi connectivity index (χ3n) is 2.30. The molecule has 15 heavy (non-hydrogen) atoms. The van der Waals surface area contributed by atoms with Gasteiger partial charge in [-0.3, -0.25) is 4.99 Å². The van der Waals surface area contributed by atoms with E-state index in [1.807, 2.05) is 48.7 Å². The predicted octanol–water partition coefficient (Wildman–Crippen LogP) is 3.61. The Morgan fingerprint density at radius 2 is 1.93 bits per heavy atom. The van der Waals surface area contributed by atoms with Gasteiger partial charge in [-0.15, -0.1) is 0 Å². The van der Waals surface area contributed by atoms with Gasteiger partial charge in [-0.25, -0.2) is 0 Å². The highest BCUT2D eigenvalue weighted by Crippen LogP contribution is 2.15. The number of hydrogen-bond donors (Lipinski definition) is 0. The van der Waals surface area contributed by atoms with Gasteiger partial charge in [0.2, 0.25) is 0 Å². The molecule has 0 atom stereocenters. The summed E-state index contributed by atoms with van der Waals surface area (Å²) in [7, 11) is 0. The molecular formula is C14H13N. The van der Waals surface area contributed by atoms with E-state index >= 15 is 0 Å². The van der Waals surface area contributed by atoms with Crippen molar-refractivity contribution in [2.45, 2.75) is 6.42 Å². The highest BCUT2D eigenvalue weighted by Gasteiger charge is 2.03. The van der Waals surface area contributed by atoms with E-state index in [1.165, 1.54) is 0 Å². The molecule has 0 bridgehead atoms. The van der Waals surface area contributed by atoms with Gasteiger partial charge >= 0.3 is 0 Å². The molecule has 74 valence electrons. The first kappa shape index (κ1) is 9.66. The monoisotopic (exact) mass is 195 g/mol.